The lowest BCUT2D eigenvalue weighted by atomic mass is 10.2. The van der Waals surface area contributed by atoms with Crippen LogP contribution in [0.15, 0.2) is 23.1 Å². The van der Waals surface area contributed by atoms with E-state index in [1.807, 2.05) is 0 Å². The summed E-state index contributed by atoms with van der Waals surface area (Å²) in [4.78, 5) is 23.0. The minimum atomic E-state index is -3.08. The Morgan fingerprint density at radius 1 is 1.52 bits per heavy atom. The van der Waals surface area contributed by atoms with Crippen LogP contribution in [0.1, 0.15) is 6.42 Å². The minimum absolute atomic E-state index is 0.00185. The van der Waals surface area contributed by atoms with E-state index in [-0.39, 0.29) is 22.9 Å². The third-order valence-electron chi connectivity index (χ3n) is 3.32. The second kappa shape index (κ2) is 7.18. The van der Waals surface area contributed by atoms with Gasteiger partial charge in [-0.05, 0) is 24.8 Å². The first kappa shape index (κ1) is 17.5. The Morgan fingerprint density at radius 3 is 2.83 bits per heavy atom. The molecule has 0 spiro atoms. The van der Waals surface area contributed by atoms with Crippen LogP contribution in [0.2, 0.25) is 0 Å². The maximum absolute atomic E-state index is 11.8. The zero-order valence-corrected chi connectivity index (χ0v) is 14.0. The molecular weight excluding hydrogens is 344 g/mol. The zero-order chi connectivity index (χ0) is 17.0. The Balaban J connectivity index is 1.95. The summed E-state index contributed by atoms with van der Waals surface area (Å²) < 4.78 is 27.9. The number of nitro benzene ring substituents is 1. The highest BCUT2D eigenvalue weighted by Crippen LogP contribution is 2.31. The predicted molar refractivity (Wildman–Crippen MR) is 85.6 cm³/mol. The van der Waals surface area contributed by atoms with E-state index in [1.54, 1.807) is 12.3 Å². The predicted octanol–water partition coefficient (Wildman–Crippen LogP) is 0.999. The van der Waals surface area contributed by atoms with Crippen molar-refractivity contribution in [2.45, 2.75) is 17.4 Å². The molecule has 8 nitrogen and oxygen atoms in total. The molecule has 0 aliphatic carbocycles. The Bertz CT molecular complexity index is 719. The van der Waals surface area contributed by atoms with Gasteiger partial charge in [0.2, 0.25) is 0 Å². The van der Waals surface area contributed by atoms with Gasteiger partial charge in [-0.1, -0.05) is 0 Å². The van der Waals surface area contributed by atoms with Crippen molar-refractivity contribution in [3.05, 3.63) is 28.3 Å². The minimum Gasteiger partial charge on any atom is -0.477 e. The van der Waals surface area contributed by atoms with Crippen molar-refractivity contribution in [3.63, 3.8) is 0 Å². The lowest BCUT2D eigenvalue weighted by molar-refractivity contribution is -0.386. The number of nitrogens with zero attached hydrogens (tertiary/aromatic N) is 1. The highest BCUT2D eigenvalue weighted by atomic mass is 32.2. The van der Waals surface area contributed by atoms with Crippen LogP contribution in [0, 0.1) is 10.1 Å². The van der Waals surface area contributed by atoms with Gasteiger partial charge < -0.3 is 10.1 Å². The number of hydrogen-bond donors (Lipinski definition) is 1. The van der Waals surface area contributed by atoms with E-state index in [0.717, 1.165) is 0 Å². The van der Waals surface area contributed by atoms with Gasteiger partial charge >= 0.3 is 5.69 Å². The third kappa shape index (κ3) is 4.83. The first-order chi connectivity index (χ1) is 10.8. The Labute approximate surface area is 137 Å². The van der Waals surface area contributed by atoms with E-state index < -0.39 is 33.3 Å². The van der Waals surface area contributed by atoms with E-state index in [9.17, 15) is 23.3 Å². The molecule has 1 fully saturated rings. The van der Waals surface area contributed by atoms with Gasteiger partial charge in [-0.3, -0.25) is 14.9 Å². The second-order valence-electron chi connectivity index (χ2n) is 5.05. The number of sulfone groups is 1. The van der Waals surface area contributed by atoms with Gasteiger partial charge in [-0.25, -0.2) is 8.42 Å². The molecule has 0 saturated carbocycles. The summed E-state index contributed by atoms with van der Waals surface area (Å²) in [5, 5.41) is 13.6. The molecule has 0 radical (unpaired) electrons. The molecule has 1 heterocycles. The first-order valence-electron chi connectivity index (χ1n) is 6.76. The zero-order valence-electron chi connectivity index (χ0n) is 12.4. The Hall–Kier alpha value is -1.81. The number of rotatable bonds is 6. The molecule has 0 aromatic heterocycles. The number of carbonyl (C=O) groups excluding carboxylic acids is 1. The molecule has 1 aromatic carbocycles. The van der Waals surface area contributed by atoms with Gasteiger partial charge in [0.15, 0.2) is 22.2 Å². The number of benzene rings is 1. The van der Waals surface area contributed by atoms with Gasteiger partial charge in [0.1, 0.15) is 0 Å². The van der Waals surface area contributed by atoms with Gasteiger partial charge in [-0.15, -0.1) is 11.8 Å². The van der Waals surface area contributed by atoms with Crippen LogP contribution < -0.4 is 10.1 Å². The van der Waals surface area contributed by atoms with Crippen LogP contribution >= 0.6 is 11.8 Å². The summed E-state index contributed by atoms with van der Waals surface area (Å²) in [5.41, 5.74) is -0.215. The number of ether oxygens (including phenoxy) is 1. The van der Waals surface area contributed by atoms with Gasteiger partial charge in [0.25, 0.3) is 5.91 Å². The first-order valence-corrected chi connectivity index (χ1v) is 9.80. The molecule has 1 unspecified atom stereocenters. The topological polar surface area (TPSA) is 116 Å². The van der Waals surface area contributed by atoms with E-state index in [1.165, 1.54) is 23.9 Å². The molecule has 1 amide bonds. The van der Waals surface area contributed by atoms with Crippen LogP contribution in [0.3, 0.4) is 0 Å². The standard InChI is InChI=1S/C13H16N2O6S2/c1-22-10-2-3-12(11(6-10)15(17)18)21-7-13(16)14-9-4-5-23(19,20)8-9/h2-3,6,9H,4-5,7-8H2,1H3,(H,14,16). The summed E-state index contributed by atoms with van der Waals surface area (Å²) in [6.07, 6.45) is 2.17. The average molecular weight is 360 g/mol. The van der Waals surface area contributed by atoms with Gasteiger partial charge in [0, 0.05) is 17.0 Å². The van der Waals surface area contributed by atoms with Crippen molar-refractivity contribution >= 4 is 33.2 Å². The molecule has 10 heteroatoms. The maximum atomic E-state index is 11.8. The Kier molecular flexibility index (Phi) is 5.47. The van der Waals surface area contributed by atoms with E-state index in [2.05, 4.69) is 5.32 Å². The van der Waals surface area contributed by atoms with Gasteiger partial charge in [-0.2, -0.15) is 0 Å². The normalized spacial score (nSPS) is 19.3. The molecule has 1 N–H and O–H groups in total. The van der Waals surface area contributed by atoms with E-state index in [4.69, 9.17) is 4.74 Å². The summed E-state index contributed by atoms with van der Waals surface area (Å²) in [7, 11) is -3.08. The highest BCUT2D eigenvalue weighted by molar-refractivity contribution is 7.98. The van der Waals surface area contributed by atoms with Crippen LogP contribution in [-0.2, 0) is 14.6 Å². The number of thioether (sulfide) groups is 1. The fraction of sp³-hybridized carbons (Fsp3) is 0.462. The monoisotopic (exact) mass is 360 g/mol. The summed E-state index contributed by atoms with van der Waals surface area (Å²) >= 11 is 1.36. The quantitative estimate of drug-likeness (QED) is 0.457. The fourth-order valence-electron chi connectivity index (χ4n) is 2.21. The average Bonchev–Trinajstić information content (AvgIpc) is 2.83. The third-order valence-corrected chi connectivity index (χ3v) is 5.81. The SMILES string of the molecule is CSc1ccc(OCC(=O)NC2CCS(=O)(=O)C2)c([N+](=O)[O-])c1. The molecule has 0 bridgehead atoms. The molecule has 1 atom stereocenters. The molecule has 2 rings (SSSR count). The number of amides is 1. The lowest BCUT2D eigenvalue weighted by Gasteiger charge is -2.12. The van der Waals surface area contributed by atoms with Crippen LogP contribution in [0.5, 0.6) is 5.75 Å². The Morgan fingerprint density at radius 2 is 2.26 bits per heavy atom. The summed E-state index contributed by atoms with van der Waals surface area (Å²) in [6.45, 7) is -0.407. The molecular formula is C13H16N2O6S2. The number of hydrogen-bond acceptors (Lipinski definition) is 7. The molecule has 1 aromatic rings. The van der Waals surface area contributed by atoms with Crippen molar-refractivity contribution in [1.29, 1.82) is 0 Å². The van der Waals surface area contributed by atoms with Crippen LogP contribution in [0.25, 0.3) is 0 Å². The number of nitrogens with one attached hydrogen (secondary N) is 1. The molecule has 126 valence electrons. The van der Waals surface area contributed by atoms with Crippen molar-refractivity contribution in [1.82, 2.24) is 5.32 Å². The second-order valence-corrected chi connectivity index (χ2v) is 8.16. The van der Waals surface area contributed by atoms with Crippen molar-refractivity contribution in [3.8, 4) is 5.75 Å². The molecule has 1 saturated heterocycles. The van der Waals surface area contributed by atoms with E-state index >= 15 is 0 Å². The summed E-state index contributed by atoms with van der Waals surface area (Å²) in [6, 6.07) is 4.05. The van der Waals surface area contributed by atoms with Crippen molar-refractivity contribution < 1.29 is 22.9 Å². The molecule has 23 heavy (non-hydrogen) atoms. The number of carbonyl (C=O) groups is 1. The van der Waals surface area contributed by atoms with Crippen molar-refractivity contribution in [2.75, 3.05) is 24.4 Å². The highest BCUT2D eigenvalue weighted by Gasteiger charge is 2.29. The van der Waals surface area contributed by atoms with Crippen molar-refractivity contribution in [2.24, 2.45) is 0 Å². The lowest BCUT2D eigenvalue weighted by Crippen LogP contribution is -2.38. The largest absolute Gasteiger partial charge is 0.477 e. The number of nitro groups is 1. The van der Waals surface area contributed by atoms with Crippen LogP contribution in [0.4, 0.5) is 5.69 Å². The molecule has 1 aliphatic heterocycles. The smallest absolute Gasteiger partial charge is 0.312 e. The molecule has 1 aliphatic rings. The van der Waals surface area contributed by atoms with Crippen LogP contribution in [-0.4, -0.2) is 49.7 Å². The maximum Gasteiger partial charge on any atom is 0.312 e. The van der Waals surface area contributed by atoms with E-state index in [0.29, 0.717) is 11.3 Å². The fourth-order valence-corrected chi connectivity index (χ4v) is 4.32. The summed E-state index contributed by atoms with van der Waals surface area (Å²) in [5.74, 6) is -0.529. The van der Waals surface area contributed by atoms with Gasteiger partial charge in [0.05, 0.1) is 16.4 Å².